The summed E-state index contributed by atoms with van der Waals surface area (Å²) in [4.78, 5) is 0. The van der Waals surface area contributed by atoms with Gasteiger partial charge in [-0.1, -0.05) is 61.8 Å². The summed E-state index contributed by atoms with van der Waals surface area (Å²) >= 11 is 0. The molecule has 51 heavy (non-hydrogen) atoms. The molecule has 304 valence electrons. The van der Waals surface area contributed by atoms with Gasteiger partial charge in [-0.2, -0.15) is 0 Å². The lowest BCUT2D eigenvalue weighted by Crippen LogP contribution is -2.39. The Morgan fingerprint density at radius 3 is 1.16 bits per heavy atom. The van der Waals surface area contributed by atoms with Crippen LogP contribution in [-0.4, -0.2) is 84.5 Å². The zero-order valence-corrected chi connectivity index (χ0v) is 35.2. The number of epoxide rings is 2. The molecule has 4 aliphatic carbocycles. The van der Waals surface area contributed by atoms with E-state index < -0.39 is 0 Å². The van der Waals surface area contributed by atoms with Crippen LogP contribution >= 0.6 is 0 Å². The lowest BCUT2D eigenvalue weighted by molar-refractivity contribution is -0.0451. The van der Waals surface area contributed by atoms with Crippen molar-refractivity contribution in [2.75, 3.05) is 26.4 Å². The fourth-order valence-corrected chi connectivity index (χ4v) is 9.03. The second-order valence-electron chi connectivity index (χ2n) is 17.9. The van der Waals surface area contributed by atoms with Crippen LogP contribution in [0.3, 0.4) is 0 Å². The molecule has 0 aromatic heterocycles. The Kier molecular flexibility index (Phi) is 22.3. The maximum Gasteiger partial charge on any atom is 0.104 e. The summed E-state index contributed by atoms with van der Waals surface area (Å²) in [6, 6.07) is 0. The highest BCUT2D eigenvalue weighted by Crippen LogP contribution is 2.50. The van der Waals surface area contributed by atoms with Crippen LogP contribution in [0.15, 0.2) is 0 Å². The van der Waals surface area contributed by atoms with E-state index in [1.165, 1.54) is 70.6 Å². The Bertz CT molecular complexity index is 782. The van der Waals surface area contributed by atoms with Crippen molar-refractivity contribution < 1.29 is 34.3 Å². The summed E-state index contributed by atoms with van der Waals surface area (Å²) in [6.07, 6.45) is 21.2. The first-order chi connectivity index (χ1) is 24.3. The molecule has 2 aliphatic heterocycles. The third-order valence-corrected chi connectivity index (χ3v) is 12.9. The second-order valence-corrected chi connectivity index (χ2v) is 17.9. The van der Waals surface area contributed by atoms with Gasteiger partial charge in [-0.05, 0) is 151 Å². The predicted molar refractivity (Wildman–Crippen MR) is 211 cm³/mol. The van der Waals surface area contributed by atoms with Crippen molar-refractivity contribution >= 4 is 0 Å². The molecule has 0 spiro atoms. The summed E-state index contributed by atoms with van der Waals surface area (Å²) in [5, 5.41) is 28.7. The molecule has 4 saturated carbocycles. The van der Waals surface area contributed by atoms with Gasteiger partial charge in [0, 0.05) is 0 Å². The van der Waals surface area contributed by atoms with Crippen LogP contribution < -0.4 is 0 Å². The molecule has 6 aliphatic rings. The molecule has 2 heterocycles. The first-order valence-corrected chi connectivity index (χ1v) is 21.8. The smallest absolute Gasteiger partial charge is 0.104 e. The SMILES string of the molecule is CC.CC(C)(C1CCC(O)CC1)C1CCC(OCC2CO2)CC1.CC(O)COC1CCC(C(C)(C)C2CCC(O)CC2)CC1.CC1CO1.CCC. The first-order valence-electron chi connectivity index (χ1n) is 21.8. The van der Waals surface area contributed by atoms with Gasteiger partial charge in [0.15, 0.2) is 0 Å². The van der Waals surface area contributed by atoms with E-state index in [1.54, 1.807) is 6.92 Å². The van der Waals surface area contributed by atoms with Crippen LogP contribution in [0.4, 0.5) is 0 Å². The van der Waals surface area contributed by atoms with Gasteiger partial charge in [-0.3, -0.25) is 0 Å². The Labute approximate surface area is 315 Å². The maximum absolute atomic E-state index is 9.72. The highest BCUT2D eigenvalue weighted by Gasteiger charge is 2.42. The number of hydrogen-bond acceptors (Lipinski definition) is 7. The van der Waals surface area contributed by atoms with E-state index in [0.717, 1.165) is 82.0 Å². The van der Waals surface area contributed by atoms with Crippen molar-refractivity contribution in [1.29, 1.82) is 0 Å². The number of ether oxygens (including phenoxy) is 4. The summed E-state index contributed by atoms with van der Waals surface area (Å²) in [5.41, 5.74) is 0.806. The minimum absolute atomic E-state index is 0.0363. The molecule has 0 bridgehead atoms. The summed E-state index contributed by atoms with van der Waals surface area (Å²) in [7, 11) is 0. The minimum atomic E-state index is -0.354. The van der Waals surface area contributed by atoms with Crippen molar-refractivity contribution in [3.05, 3.63) is 0 Å². The number of rotatable bonds is 10. The van der Waals surface area contributed by atoms with E-state index in [0.29, 0.717) is 41.9 Å². The van der Waals surface area contributed by atoms with Crippen molar-refractivity contribution in [3.63, 3.8) is 0 Å². The van der Waals surface area contributed by atoms with Crippen LogP contribution in [0.2, 0.25) is 0 Å². The van der Waals surface area contributed by atoms with Crippen LogP contribution in [0.1, 0.15) is 178 Å². The van der Waals surface area contributed by atoms with Gasteiger partial charge in [0.25, 0.3) is 0 Å². The third-order valence-electron chi connectivity index (χ3n) is 12.9. The fraction of sp³-hybridized carbons (Fsp3) is 1.00. The Hall–Kier alpha value is -0.280. The average molecular weight is 727 g/mol. The van der Waals surface area contributed by atoms with Gasteiger partial charge in [0.2, 0.25) is 0 Å². The van der Waals surface area contributed by atoms with Crippen LogP contribution in [0.25, 0.3) is 0 Å². The summed E-state index contributed by atoms with van der Waals surface area (Å²) in [5.74, 6) is 3.17. The third kappa shape index (κ3) is 17.8. The lowest BCUT2D eigenvalue weighted by atomic mass is 9.60. The zero-order chi connectivity index (χ0) is 38.0. The van der Waals surface area contributed by atoms with Gasteiger partial charge in [0.1, 0.15) is 6.10 Å². The zero-order valence-electron chi connectivity index (χ0n) is 35.2. The van der Waals surface area contributed by atoms with Crippen LogP contribution in [-0.2, 0) is 18.9 Å². The normalized spacial score (nSPS) is 35.5. The van der Waals surface area contributed by atoms with Crippen molar-refractivity contribution in [1.82, 2.24) is 0 Å². The van der Waals surface area contributed by atoms with Crippen LogP contribution in [0, 0.1) is 34.5 Å². The van der Waals surface area contributed by atoms with Gasteiger partial charge < -0.3 is 34.3 Å². The first kappa shape index (κ1) is 46.9. The molecule has 7 heteroatoms. The van der Waals surface area contributed by atoms with Gasteiger partial charge in [-0.25, -0.2) is 0 Å². The summed E-state index contributed by atoms with van der Waals surface area (Å²) in [6.45, 7) is 25.1. The van der Waals surface area contributed by atoms with Gasteiger partial charge in [0.05, 0.1) is 63.1 Å². The summed E-state index contributed by atoms with van der Waals surface area (Å²) < 4.78 is 21.7. The molecule has 3 unspecified atom stereocenters. The Morgan fingerprint density at radius 2 is 0.882 bits per heavy atom. The van der Waals surface area contributed by atoms with E-state index in [1.807, 2.05) is 13.8 Å². The topological polar surface area (TPSA) is 104 Å². The Balaban J connectivity index is 0.000000286. The van der Waals surface area contributed by atoms with Crippen molar-refractivity contribution in [3.8, 4) is 0 Å². The fourth-order valence-electron chi connectivity index (χ4n) is 9.03. The van der Waals surface area contributed by atoms with Gasteiger partial charge in [-0.15, -0.1) is 0 Å². The monoisotopic (exact) mass is 727 g/mol. The molecule has 0 radical (unpaired) electrons. The lowest BCUT2D eigenvalue weighted by Gasteiger charge is -2.46. The molecular formula is C44H86O7. The van der Waals surface area contributed by atoms with E-state index in [4.69, 9.17) is 18.9 Å². The van der Waals surface area contributed by atoms with Crippen LogP contribution in [0.5, 0.6) is 0 Å². The number of hydrogen-bond donors (Lipinski definition) is 3. The quantitative estimate of drug-likeness (QED) is 0.193. The van der Waals surface area contributed by atoms with Gasteiger partial charge >= 0.3 is 0 Å². The molecular weight excluding hydrogens is 640 g/mol. The molecule has 7 nitrogen and oxygen atoms in total. The maximum atomic E-state index is 9.72. The molecule has 6 rings (SSSR count). The molecule has 6 fully saturated rings. The van der Waals surface area contributed by atoms with E-state index in [-0.39, 0.29) is 18.3 Å². The van der Waals surface area contributed by atoms with Crippen molar-refractivity contribution in [2.45, 2.75) is 221 Å². The van der Waals surface area contributed by atoms with Crippen molar-refractivity contribution in [2.24, 2.45) is 34.5 Å². The molecule has 3 atom stereocenters. The molecule has 3 N–H and O–H groups in total. The minimum Gasteiger partial charge on any atom is -0.393 e. The average Bonchev–Trinajstić information content (AvgIpc) is 4.07. The largest absolute Gasteiger partial charge is 0.393 e. The highest BCUT2D eigenvalue weighted by atomic mass is 16.6. The number of aliphatic hydroxyl groups excluding tert-OH is 3. The van der Waals surface area contributed by atoms with E-state index >= 15 is 0 Å². The van der Waals surface area contributed by atoms with E-state index in [9.17, 15) is 15.3 Å². The second kappa shape index (κ2) is 24.3. The molecule has 0 amide bonds. The number of aliphatic hydroxyl groups is 3. The predicted octanol–water partition coefficient (Wildman–Crippen LogP) is 9.91. The highest BCUT2D eigenvalue weighted by molar-refractivity contribution is 4.92. The molecule has 2 saturated heterocycles. The standard InChI is InChI=1S/C18H32O3.C18H34O3.C3H6O.C3H8.C2H6/c1-18(2,13-3-7-15(19)8-4-13)14-5-9-16(10-6-14)20-11-17-12-21-17;1-13(19)12-21-17-10-6-15(7-11-17)18(2,3)14-4-8-16(20)9-5-14;1-3-2-4-3;1-3-2;1-2/h13-17,19H,3-12H2,1-2H3;13-17,19-20H,4-12H2,1-3H3;3H,2H2,1H3;3H2,1-2H3;1-2H3. The Morgan fingerprint density at radius 1 is 0.588 bits per heavy atom. The van der Waals surface area contributed by atoms with E-state index in [2.05, 4.69) is 48.5 Å². The molecule has 0 aromatic rings. The molecule has 0 aromatic carbocycles.